The van der Waals surface area contributed by atoms with Crippen molar-refractivity contribution in [1.29, 1.82) is 0 Å². The van der Waals surface area contributed by atoms with Crippen molar-refractivity contribution in [2.45, 2.75) is 44.9 Å². The summed E-state index contributed by atoms with van der Waals surface area (Å²) in [7, 11) is 0. The molecule has 0 bridgehead atoms. The Morgan fingerprint density at radius 2 is 2.00 bits per heavy atom. The van der Waals surface area contributed by atoms with E-state index < -0.39 is 5.60 Å². The highest BCUT2D eigenvalue weighted by Crippen LogP contribution is 2.28. The smallest absolute Gasteiger partial charge is 0.278 e. The van der Waals surface area contributed by atoms with Gasteiger partial charge in [0.15, 0.2) is 11.5 Å². The minimum Gasteiger partial charge on any atom is -0.384 e. The summed E-state index contributed by atoms with van der Waals surface area (Å²) in [5, 5.41) is 18.8. The Morgan fingerprint density at radius 1 is 1.18 bits per heavy atom. The number of anilines is 2. The Morgan fingerprint density at radius 3 is 2.77 bits per heavy atom. The molecule has 39 heavy (non-hydrogen) atoms. The molecule has 5 heterocycles. The van der Waals surface area contributed by atoms with Crippen LogP contribution >= 0.6 is 0 Å². The lowest BCUT2D eigenvalue weighted by Crippen LogP contribution is -2.29. The maximum Gasteiger partial charge on any atom is 0.278 e. The minimum atomic E-state index is -1.14. The number of hydrogen-bond donors (Lipinski definition) is 3. The second-order valence-electron chi connectivity index (χ2n) is 10.5. The highest BCUT2D eigenvalue weighted by atomic mass is 16.3. The molecule has 200 valence electrons. The third kappa shape index (κ3) is 4.62. The summed E-state index contributed by atoms with van der Waals surface area (Å²) in [5.74, 6) is 0.830. The normalized spacial score (nSPS) is 14.7. The van der Waals surface area contributed by atoms with Crippen LogP contribution in [0.1, 0.15) is 38.4 Å². The largest absolute Gasteiger partial charge is 0.384 e. The number of aromatic nitrogens is 6. The van der Waals surface area contributed by atoms with Crippen LogP contribution in [-0.2, 0) is 12.1 Å². The van der Waals surface area contributed by atoms with Gasteiger partial charge in [0.1, 0.15) is 11.0 Å². The first kappa shape index (κ1) is 25.0. The van der Waals surface area contributed by atoms with Gasteiger partial charge in [-0.25, -0.2) is 19.3 Å². The zero-order chi connectivity index (χ0) is 27.1. The third-order valence-corrected chi connectivity index (χ3v) is 7.23. The Labute approximate surface area is 225 Å². The summed E-state index contributed by atoms with van der Waals surface area (Å²) >= 11 is 0. The van der Waals surface area contributed by atoms with Crippen LogP contribution in [0.4, 0.5) is 11.6 Å². The number of fused-ring (bicyclic) bond motifs is 2. The number of pyridine rings is 1. The van der Waals surface area contributed by atoms with E-state index >= 15 is 0 Å². The number of piperidine rings is 1. The zero-order valence-corrected chi connectivity index (χ0v) is 22.1. The number of hydrogen-bond acceptors (Lipinski definition) is 7. The van der Waals surface area contributed by atoms with Crippen molar-refractivity contribution in [3.63, 3.8) is 0 Å². The molecular weight excluding hydrogens is 492 g/mol. The van der Waals surface area contributed by atoms with Crippen molar-refractivity contribution in [2.24, 2.45) is 0 Å². The molecule has 10 nitrogen and oxygen atoms in total. The van der Waals surface area contributed by atoms with Gasteiger partial charge < -0.3 is 20.3 Å². The summed E-state index contributed by atoms with van der Waals surface area (Å²) in [6, 6.07) is 14.2. The van der Waals surface area contributed by atoms with Gasteiger partial charge in [-0.2, -0.15) is 4.98 Å². The van der Waals surface area contributed by atoms with Gasteiger partial charge >= 0.3 is 0 Å². The molecule has 0 unspecified atom stereocenters. The van der Waals surface area contributed by atoms with Crippen molar-refractivity contribution in [3.8, 4) is 5.82 Å². The van der Waals surface area contributed by atoms with Crippen LogP contribution < -0.4 is 16.2 Å². The average Bonchev–Trinajstić information content (AvgIpc) is 3.47. The number of rotatable bonds is 7. The second-order valence-corrected chi connectivity index (χ2v) is 10.5. The Bertz CT molecular complexity index is 1730. The van der Waals surface area contributed by atoms with Crippen molar-refractivity contribution < 1.29 is 5.11 Å². The van der Waals surface area contributed by atoms with Gasteiger partial charge in [-0.15, -0.1) is 6.58 Å². The van der Waals surface area contributed by atoms with E-state index in [9.17, 15) is 9.90 Å². The molecule has 0 aliphatic carbocycles. The summed E-state index contributed by atoms with van der Waals surface area (Å²) in [5.41, 5.74) is 1.57. The van der Waals surface area contributed by atoms with Gasteiger partial charge in [-0.05, 0) is 76.2 Å². The summed E-state index contributed by atoms with van der Waals surface area (Å²) in [6.07, 6.45) is 7.60. The average molecular weight is 525 g/mol. The monoisotopic (exact) mass is 524 g/mol. The van der Waals surface area contributed by atoms with Crippen LogP contribution in [0.25, 0.3) is 27.8 Å². The predicted octanol–water partition coefficient (Wildman–Crippen LogP) is 4.01. The molecular formula is C29H32N8O2. The van der Waals surface area contributed by atoms with E-state index in [1.807, 2.05) is 6.07 Å². The molecule has 0 atom stereocenters. The van der Waals surface area contributed by atoms with E-state index in [1.165, 1.54) is 16.4 Å². The van der Waals surface area contributed by atoms with Crippen LogP contribution in [0, 0.1) is 0 Å². The molecule has 1 saturated heterocycles. The van der Waals surface area contributed by atoms with E-state index in [0.717, 1.165) is 37.0 Å². The number of nitrogens with zero attached hydrogens (tertiary/aromatic N) is 6. The first-order valence-electron chi connectivity index (χ1n) is 13.2. The quantitative estimate of drug-likeness (QED) is 0.276. The maximum atomic E-state index is 13.3. The predicted molar refractivity (Wildman–Crippen MR) is 153 cm³/mol. The minimum absolute atomic E-state index is 0.243. The van der Waals surface area contributed by atoms with Crippen LogP contribution in [0.2, 0.25) is 0 Å². The first-order chi connectivity index (χ1) is 18.8. The molecule has 1 aliphatic rings. The Kier molecular flexibility index (Phi) is 6.28. The van der Waals surface area contributed by atoms with E-state index in [2.05, 4.69) is 56.1 Å². The lowest BCUT2D eigenvalue weighted by molar-refractivity contribution is 0.0738. The number of allylic oxidation sites excluding steroid dienone is 1. The standard InChI is InChI=1S/C29H32N8O2/c1-4-15-36-27(38)22-18-31-28(34-26(22)37(36)25-7-5-6-24(33-25)29(2,3)39)32-20-8-9-23-19(17-20)12-16-35(23)21-10-13-30-14-11-21/h4-9,12,16-18,21,30,39H,1,10-11,13-15H2,2-3H3,(H,31,32,34). The van der Waals surface area contributed by atoms with Crippen LogP contribution in [0.3, 0.4) is 0 Å². The highest BCUT2D eigenvalue weighted by molar-refractivity contribution is 5.85. The topological polar surface area (TPSA) is 115 Å². The fourth-order valence-corrected chi connectivity index (χ4v) is 5.26. The molecule has 3 N–H and O–H groups in total. The number of aliphatic hydroxyl groups is 1. The maximum absolute atomic E-state index is 13.3. The van der Waals surface area contributed by atoms with Crippen molar-refractivity contribution in [2.75, 3.05) is 18.4 Å². The number of benzene rings is 1. The van der Waals surface area contributed by atoms with Gasteiger partial charge in [0.05, 0.1) is 12.2 Å². The van der Waals surface area contributed by atoms with Gasteiger partial charge in [0.2, 0.25) is 5.95 Å². The number of nitrogens with one attached hydrogen (secondary N) is 2. The lowest BCUT2D eigenvalue weighted by atomic mass is 10.1. The fourth-order valence-electron chi connectivity index (χ4n) is 5.26. The molecule has 0 spiro atoms. The van der Waals surface area contributed by atoms with E-state index in [1.54, 1.807) is 42.8 Å². The molecule has 5 aromatic rings. The van der Waals surface area contributed by atoms with Crippen LogP contribution in [0.15, 0.2) is 72.3 Å². The molecule has 1 aliphatic heterocycles. The molecule has 0 saturated carbocycles. The van der Waals surface area contributed by atoms with E-state index in [4.69, 9.17) is 4.98 Å². The van der Waals surface area contributed by atoms with Crippen LogP contribution in [-0.4, -0.2) is 47.1 Å². The Balaban J connectivity index is 1.39. The molecule has 0 radical (unpaired) electrons. The summed E-state index contributed by atoms with van der Waals surface area (Å²) < 4.78 is 5.55. The van der Waals surface area contributed by atoms with Gasteiger partial charge in [0, 0.05) is 35.0 Å². The van der Waals surface area contributed by atoms with Crippen molar-refractivity contribution in [3.05, 3.63) is 83.6 Å². The molecule has 1 fully saturated rings. The third-order valence-electron chi connectivity index (χ3n) is 7.23. The van der Waals surface area contributed by atoms with Gasteiger partial charge in [0.25, 0.3) is 5.56 Å². The SMILES string of the molecule is C=CCn1c(=O)c2cnc(Nc3ccc4c(ccn4C4CCNCC4)c3)nc2n1-c1cccc(C(C)(C)O)n1. The van der Waals surface area contributed by atoms with Crippen molar-refractivity contribution >= 4 is 33.6 Å². The molecule has 0 amide bonds. The second kappa shape index (κ2) is 9.79. The summed E-state index contributed by atoms with van der Waals surface area (Å²) in [4.78, 5) is 27.1. The van der Waals surface area contributed by atoms with E-state index in [-0.39, 0.29) is 12.1 Å². The van der Waals surface area contributed by atoms with Gasteiger partial charge in [-0.3, -0.25) is 4.79 Å². The van der Waals surface area contributed by atoms with Gasteiger partial charge in [-0.1, -0.05) is 12.1 Å². The highest BCUT2D eigenvalue weighted by Gasteiger charge is 2.22. The molecule has 6 rings (SSSR count). The Hall–Kier alpha value is -4.28. The lowest BCUT2D eigenvalue weighted by Gasteiger charge is -2.25. The first-order valence-corrected chi connectivity index (χ1v) is 13.2. The van der Waals surface area contributed by atoms with E-state index in [0.29, 0.717) is 34.5 Å². The summed E-state index contributed by atoms with van der Waals surface area (Å²) in [6.45, 7) is 9.49. The molecule has 10 heteroatoms. The molecule has 1 aromatic carbocycles. The van der Waals surface area contributed by atoms with Crippen LogP contribution in [0.5, 0.6) is 0 Å². The van der Waals surface area contributed by atoms with Crippen molar-refractivity contribution in [1.82, 2.24) is 34.2 Å². The zero-order valence-electron chi connectivity index (χ0n) is 22.1. The fraction of sp³-hybridized carbons (Fsp3) is 0.310. The molecule has 4 aromatic heterocycles.